The van der Waals surface area contributed by atoms with Crippen molar-refractivity contribution in [3.05, 3.63) is 24.0 Å². The van der Waals surface area contributed by atoms with Crippen LogP contribution < -0.4 is 22.3 Å². The molecule has 0 aromatic rings. The van der Waals surface area contributed by atoms with E-state index in [2.05, 4.69) is 60.3 Å². The number of allylic oxidation sites excluding steroid dienone is 2. The zero-order valence-corrected chi connectivity index (χ0v) is 11.8. The molecule has 1 atom stereocenters. The van der Waals surface area contributed by atoms with E-state index in [-0.39, 0.29) is 21.4 Å². The first kappa shape index (κ1) is 11.8. The molecule has 2 N–H and O–H groups in total. The van der Waals surface area contributed by atoms with Crippen molar-refractivity contribution in [3.8, 4) is 0 Å². The highest BCUT2D eigenvalue weighted by Gasteiger charge is 2.42. The predicted octanol–water partition coefficient (Wildman–Crippen LogP) is -2.23. The molecule has 2 heterocycles. The number of hydrogen-bond acceptors (Lipinski definition) is 1. The molecule has 0 amide bonds. The fourth-order valence-corrected chi connectivity index (χ4v) is 2.45. The maximum Gasteiger partial charge on any atom is 0.202 e. The Labute approximate surface area is 105 Å². The maximum atomic E-state index is 3.72. The van der Waals surface area contributed by atoms with E-state index in [0.29, 0.717) is 0 Å². The van der Waals surface area contributed by atoms with Gasteiger partial charge in [-0.2, -0.15) is 0 Å². The highest BCUT2D eigenvalue weighted by Crippen LogP contribution is 2.22. The summed E-state index contributed by atoms with van der Waals surface area (Å²) in [6.45, 7) is 2.11. The Morgan fingerprint density at radius 1 is 1.62 bits per heavy atom. The number of nitrogens with two attached hydrogens (primary N) is 1. The Morgan fingerprint density at radius 2 is 2.38 bits per heavy atom. The van der Waals surface area contributed by atoms with Crippen LogP contribution in [0, 0.1) is 0 Å². The van der Waals surface area contributed by atoms with Gasteiger partial charge in [-0.3, -0.25) is 5.32 Å². The van der Waals surface area contributed by atoms with Gasteiger partial charge in [-0.25, -0.2) is 0 Å². The molecule has 0 aliphatic carbocycles. The highest BCUT2D eigenvalue weighted by molar-refractivity contribution is 9.12. The molecule has 2 nitrogen and oxygen atoms in total. The minimum atomic E-state index is 0. The fraction of sp³-hybridized carbons (Fsp3) is 0.500. The van der Waals surface area contributed by atoms with Gasteiger partial charge in [0, 0.05) is 12.6 Å². The molecule has 1 saturated heterocycles. The van der Waals surface area contributed by atoms with E-state index >= 15 is 0 Å². The molecule has 2 aliphatic rings. The van der Waals surface area contributed by atoms with Gasteiger partial charge in [0.15, 0.2) is 4.45 Å². The largest absolute Gasteiger partial charge is 1.00 e. The van der Waals surface area contributed by atoms with Crippen LogP contribution in [-0.4, -0.2) is 27.8 Å². The van der Waals surface area contributed by atoms with E-state index < -0.39 is 0 Å². The molecule has 0 bridgehead atoms. The SMILES string of the molecule is BrCC1(Br)CN2CC=CC=C2[NH2+]1.[Br-]. The summed E-state index contributed by atoms with van der Waals surface area (Å²) in [4.78, 5) is 2.37. The minimum absolute atomic E-state index is 0. The van der Waals surface area contributed by atoms with Gasteiger partial charge in [0.25, 0.3) is 0 Å². The lowest BCUT2D eigenvalue weighted by molar-refractivity contribution is -0.636. The van der Waals surface area contributed by atoms with E-state index in [9.17, 15) is 0 Å². The van der Waals surface area contributed by atoms with Gasteiger partial charge in [-0.05, 0) is 15.9 Å². The minimum Gasteiger partial charge on any atom is -1.00 e. The normalized spacial score (nSPS) is 30.9. The molecule has 0 saturated carbocycles. The van der Waals surface area contributed by atoms with Crippen LogP contribution in [0.2, 0.25) is 0 Å². The molecule has 0 aromatic heterocycles. The second kappa shape index (κ2) is 4.47. The second-order valence-electron chi connectivity index (χ2n) is 3.21. The van der Waals surface area contributed by atoms with Crippen molar-refractivity contribution in [3.63, 3.8) is 0 Å². The van der Waals surface area contributed by atoms with Crippen LogP contribution in [0.3, 0.4) is 0 Å². The molecule has 2 rings (SSSR count). The molecule has 13 heavy (non-hydrogen) atoms. The monoisotopic (exact) mass is 372 g/mol. The third kappa shape index (κ3) is 2.37. The molecule has 2 aliphatic heterocycles. The van der Waals surface area contributed by atoms with Crippen molar-refractivity contribution >= 4 is 31.9 Å². The van der Waals surface area contributed by atoms with Crippen LogP contribution in [-0.2, 0) is 0 Å². The molecule has 74 valence electrons. The third-order valence-electron chi connectivity index (χ3n) is 2.18. The van der Waals surface area contributed by atoms with Crippen molar-refractivity contribution in [1.29, 1.82) is 0 Å². The Morgan fingerprint density at radius 3 is 3.00 bits per heavy atom. The number of halogens is 3. The van der Waals surface area contributed by atoms with Crippen LogP contribution >= 0.6 is 31.9 Å². The van der Waals surface area contributed by atoms with Gasteiger partial charge in [0.1, 0.15) is 0 Å². The van der Waals surface area contributed by atoms with Gasteiger partial charge < -0.3 is 21.9 Å². The van der Waals surface area contributed by atoms with E-state index in [1.165, 1.54) is 5.82 Å². The van der Waals surface area contributed by atoms with Gasteiger partial charge in [0.05, 0.1) is 11.9 Å². The maximum absolute atomic E-state index is 3.72. The van der Waals surface area contributed by atoms with Gasteiger partial charge >= 0.3 is 0 Å². The van der Waals surface area contributed by atoms with Crippen molar-refractivity contribution in [2.45, 2.75) is 4.45 Å². The van der Waals surface area contributed by atoms with Gasteiger partial charge in [-0.15, -0.1) is 0 Å². The number of rotatable bonds is 1. The number of quaternary nitrogens is 1. The van der Waals surface area contributed by atoms with Gasteiger partial charge in [0.2, 0.25) is 5.82 Å². The average molecular weight is 375 g/mol. The first-order valence-corrected chi connectivity index (χ1v) is 5.87. The van der Waals surface area contributed by atoms with Crippen molar-refractivity contribution < 1.29 is 22.3 Å². The summed E-state index contributed by atoms with van der Waals surface area (Å²) in [5, 5.41) is 3.25. The molecule has 5 heteroatoms. The lowest BCUT2D eigenvalue weighted by Crippen LogP contribution is -3.00. The molecular weight excluding hydrogens is 364 g/mol. The summed E-state index contributed by atoms with van der Waals surface area (Å²) in [5.74, 6) is 1.34. The number of alkyl halides is 2. The number of nitrogens with zero attached hydrogens (tertiary/aromatic N) is 1. The van der Waals surface area contributed by atoms with Crippen molar-refractivity contribution in [1.82, 2.24) is 4.90 Å². The standard InChI is InChI=1S/C8H10Br2N2.BrH/c9-5-8(10)6-12-4-2-1-3-7(12)11-8;/h1-3,11H,4-6H2;1H. The first-order valence-electron chi connectivity index (χ1n) is 3.96. The van der Waals surface area contributed by atoms with Gasteiger partial charge in [-0.1, -0.05) is 28.1 Å². The summed E-state index contributed by atoms with van der Waals surface area (Å²) < 4.78 is 0.144. The zero-order chi connectivity index (χ0) is 8.60. The third-order valence-corrected chi connectivity index (χ3v) is 4.69. The smallest absolute Gasteiger partial charge is 0.202 e. The van der Waals surface area contributed by atoms with Crippen molar-refractivity contribution in [2.75, 3.05) is 18.4 Å². The topological polar surface area (TPSA) is 19.9 Å². The lowest BCUT2D eigenvalue weighted by Gasteiger charge is -2.15. The van der Waals surface area contributed by atoms with Crippen LogP contribution in [0.25, 0.3) is 0 Å². The van der Waals surface area contributed by atoms with Crippen LogP contribution in [0.4, 0.5) is 0 Å². The molecule has 0 radical (unpaired) electrons. The van der Waals surface area contributed by atoms with E-state index in [1.54, 1.807) is 0 Å². The molecule has 0 aromatic carbocycles. The number of hydrogen-bond donors (Lipinski definition) is 1. The second-order valence-corrected chi connectivity index (χ2v) is 5.35. The Kier molecular flexibility index (Phi) is 4.04. The lowest BCUT2D eigenvalue weighted by atomic mass is 10.3. The fourth-order valence-electron chi connectivity index (χ4n) is 1.57. The Bertz CT molecular complexity index is 252. The van der Waals surface area contributed by atoms with E-state index in [4.69, 9.17) is 0 Å². The highest BCUT2D eigenvalue weighted by atomic mass is 79.9. The summed E-state index contributed by atoms with van der Waals surface area (Å²) >= 11 is 7.24. The molecule has 1 unspecified atom stereocenters. The van der Waals surface area contributed by atoms with E-state index in [1.807, 2.05) is 0 Å². The summed E-state index contributed by atoms with van der Waals surface area (Å²) in [6.07, 6.45) is 6.47. The first-order chi connectivity index (χ1) is 5.73. The summed E-state index contributed by atoms with van der Waals surface area (Å²) in [5.41, 5.74) is 0. The molecule has 1 fully saturated rings. The van der Waals surface area contributed by atoms with Crippen molar-refractivity contribution in [2.24, 2.45) is 0 Å². The van der Waals surface area contributed by atoms with E-state index in [0.717, 1.165) is 18.4 Å². The molecule has 0 spiro atoms. The number of fused-ring (bicyclic) bond motifs is 1. The van der Waals surface area contributed by atoms with Crippen LogP contribution in [0.1, 0.15) is 0 Å². The quantitative estimate of drug-likeness (QED) is 0.407. The van der Waals surface area contributed by atoms with Crippen LogP contribution in [0.15, 0.2) is 24.0 Å². The summed E-state index contributed by atoms with van der Waals surface area (Å²) in [6, 6.07) is 0. The zero-order valence-electron chi connectivity index (χ0n) is 7.01. The molecular formula is C8H11Br3N2. The average Bonchev–Trinajstić information content (AvgIpc) is 2.42. The Hall–Kier alpha value is 0.680. The summed E-state index contributed by atoms with van der Waals surface area (Å²) in [7, 11) is 0. The Balaban J connectivity index is 0.000000845. The van der Waals surface area contributed by atoms with Crippen LogP contribution in [0.5, 0.6) is 0 Å². The predicted molar refractivity (Wildman–Crippen MR) is 56.2 cm³/mol.